The van der Waals surface area contributed by atoms with E-state index in [1.807, 2.05) is 31.2 Å². The van der Waals surface area contributed by atoms with E-state index in [0.717, 1.165) is 27.8 Å². The summed E-state index contributed by atoms with van der Waals surface area (Å²) in [6.45, 7) is 1.83. The standard InChI is InChI=1S/C17H18N6OS/c1-9-13(17(18-2)25-23-9)16(24)19-12-7-5-11(6-8-12)15-20-14(21-22-15)10-3-4-10/h5-8,10,18H,3-4H2,1-2H3,(H,19,24)(H,20,21,22). The molecule has 8 heteroatoms. The quantitative estimate of drug-likeness (QED) is 0.652. The first-order valence-electron chi connectivity index (χ1n) is 8.14. The van der Waals surface area contributed by atoms with Gasteiger partial charge in [0.15, 0.2) is 5.82 Å². The van der Waals surface area contributed by atoms with E-state index < -0.39 is 0 Å². The second kappa shape index (κ2) is 6.29. The molecule has 2 aromatic heterocycles. The summed E-state index contributed by atoms with van der Waals surface area (Å²) < 4.78 is 4.22. The van der Waals surface area contributed by atoms with Gasteiger partial charge in [0.2, 0.25) is 0 Å². The van der Waals surface area contributed by atoms with E-state index in [4.69, 9.17) is 0 Å². The second-order valence-corrected chi connectivity index (χ2v) is 6.85. The fourth-order valence-electron chi connectivity index (χ4n) is 2.65. The highest BCUT2D eigenvalue weighted by Crippen LogP contribution is 2.38. The van der Waals surface area contributed by atoms with E-state index in [1.165, 1.54) is 24.4 Å². The molecule has 0 radical (unpaired) electrons. The van der Waals surface area contributed by atoms with Crippen LogP contribution in [0.4, 0.5) is 10.7 Å². The monoisotopic (exact) mass is 354 g/mol. The van der Waals surface area contributed by atoms with Crippen LogP contribution in [0, 0.1) is 6.92 Å². The molecule has 0 aliphatic heterocycles. The Kier molecular flexibility index (Phi) is 3.96. The fourth-order valence-corrected chi connectivity index (χ4v) is 3.39. The number of carbonyl (C=O) groups is 1. The highest BCUT2D eigenvalue weighted by Gasteiger charge is 2.27. The SMILES string of the molecule is CNc1snc(C)c1C(=O)Nc1ccc(-c2n[nH]c(C3CC3)n2)cc1. The lowest BCUT2D eigenvalue weighted by Gasteiger charge is -2.07. The van der Waals surface area contributed by atoms with E-state index in [-0.39, 0.29) is 5.91 Å². The minimum absolute atomic E-state index is 0.169. The molecule has 1 amide bonds. The molecule has 25 heavy (non-hydrogen) atoms. The summed E-state index contributed by atoms with van der Waals surface area (Å²) in [5.41, 5.74) is 2.95. The van der Waals surface area contributed by atoms with Crippen LogP contribution in [-0.4, -0.2) is 32.5 Å². The van der Waals surface area contributed by atoms with E-state index in [9.17, 15) is 4.79 Å². The Bertz CT molecular complexity index is 910. The first-order valence-corrected chi connectivity index (χ1v) is 8.91. The van der Waals surface area contributed by atoms with Crippen LogP contribution < -0.4 is 10.6 Å². The van der Waals surface area contributed by atoms with Gasteiger partial charge in [-0.15, -0.1) is 0 Å². The minimum Gasteiger partial charge on any atom is -0.378 e. The molecule has 128 valence electrons. The average Bonchev–Trinajstić information content (AvgIpc) is 3.22. The zero-order valence-electron chi connectivity index (χ0n) is 14.0. The summed E-state index contributed by atoms with van der Waals surface area (Å²) in [7, 11) is 1.78. The smallest absolute Gasteiger partial charge is 0.260 e. The van der Waals surface area contributed by atoms with Crippen LogP contribution in [0.1, 0.15) is 40.6 Å². The largest absolute Gasteiger partial charge is 0.378 e. The highest BCUT2D eigenvalue weighted by molar-refractivity contribution is 7.10. The van der Waals surface area contributed by atoms with E-state index >= 15 is 0 Å². The number of H-pyrrole nitrogens is 1. The summed E-state index contributed by atoms with van der Waals surface area (Å²) in [6.07, 6.45) is 2.37. The maximum absolute atomic E-state index is 12.5. The summed E-state index contributed by atoms with van der Waals surface area (Å²) in [6, 6.07) is 7.53. The van der Waals surface area contributed by atoms with Gasteiger partial charge in [-0.05, 0) is 55.6 Å². The molecule has 0 atom stereocenters. The van der Waals surface area contributed by atoms with Crippen molar-refractivity contribution in [3.05, 3.63) is 41.3 Å². The van der Waals surface area contributed by atoms with Crippen LogP contribution in [0.2, 0.25) is 0 Å². The Labute approximate surface area is 149 Å². The normalized spacial score (nSPS) is 13.7. The van der Waals surface area contributed by atoms with E-state index in [2.05, 4.69) is 30.2 Å². The zero-order valence-corrected chi connectivity index (χ0v) is 14.8. The first kappa shape index (κ1) is 15.8. The number of carbonyl (C=O) groups excluding carboxylic acids is 1. The Morgan fingerprint density at radius 2 is 2.04 bits per heavy atom. The first-order chi connectivity index (χ1) is 12.2. The summed E-state index contributed by atoms with van der Waals surface area (Å²) in [5, 5.41) is 14.0. The van der Waals surface area contributed by atoms with Gasteiger partial charge in [-0.3, -0.25) is 9.89 Å². The van der Waals surface area contributed by atoms with Gasteiger partial charge in [-0.2, -0.15) is 9.47 Å². The predicted octanol–water partition coefficient (Wildman–Crippen LogP) is 3.41. The van der Waals surface area contributed by atoms with Crippen LogP contribution in [0.15, 0.2) is 24.3 Å². The molecule has 1 saturated carbocycles. The molecule has 7 nitrogen and oxygen atoms in total. The number of hydrogen-bond donors (Lipinski definition) is 3. The molecule has 3 aromatic rings. The molecule has 0 saturated heterocycles. The molecule has 0 spiro atoms. The molecule has 4 rings (SSSR count). The summed E-state index contributed by atoms with van der Waals surface area (Å²) in [5.74, 6) is 2.03. The van der Waals surface area contributed by atoms with Crippen LogP contribution in [-0.2, 0) is 0 Å². The Hall–Kier alpha value is -2.74. The van der Waals surface area contributed by atoms with Crippen LogP contribution in [0.25, 0.3) is 11.4 Å². The van der Waals surface area contributed by atoms with Crippen LogP contribution >= 0.6 is 11.5 Å². The maximum Gasteiger partial charge on any atom is 0.260 e. The summed E-state index contributed by atoms with van der Waals surface area (Å²) in [4.78, 5) is 17.0. The molecule has 2 heterocycles. The van der Waals surface area contributed by atoms with Crippen molar-refractivity contribution >= 4 is 28.1 Å². The van der Waals surface area contributed by atoms with Gasteiger partial charge in [-0.25, -0.2) is 4.98 Å². The highest BCUT2D eigenvalue weighted by atomic mass is 32.1. The number of rotatable bonds is 5. The average molecular weight is 354 g/mol. The molecular weight excluding hydrogens is 336 g/mol. The summed E-state index contributed by atoms with van der Waals surface area (Å²) >= 11 is 1.28. The maximum atomic E-state index is 12.5. The van der Waals surface area contributed by atoms with Crippen LogP contribution in [0.3, 0.4) is 0 Å². The Balaban J connectivity index is 1.49. The number of nitrogens with zero attached hydrogens (tertiary/aromatic N) is 3. The predicted molar refractivity (Wildman–Crippen MR) is 98.1 cm³/mol. The number of benzene rings is 1. The van der Waals surface area contributed by atoms with Gasteiger partial charge in [0.05, 0.1) is 11.3 Å². The lowest BCUT2D eigenvalue weighted by atomic mass is 10.2. The van der Waals surface area contributed by atoms with Crippen LogP contribution in [0.5, 0.6) is 0 Å². The third-order valence-corrected chi connectivity index (χ3v) is 5.14. The third-order valence-electron chi connectivity index (χ3n) is 4.18. The van der Waals surface area contributed by atoms with Crippen molar-refractivity contribution in [1.82, 2.24) is 19.6 Å². The van der Waals surface area contributed by atoms with Crippen molar-refractivity contribution in [1.29, 1.82) is 0 Å². The van der Waals surface area contributed by atoms with Gasteiger partial charge in [0.1, 0.15) is 10.8 Å². The van der Waals surface area contributed by atoms with Crippen molar-refractivity contribution in [3.63, 3.8) is 0 Å². The van der Waals surface area contributed by atoms with Crippen molar-refractivity contribution in [2.24, 2.45) is 0 Å². The number of aromatic amines is 1. The number of anilines is 2. The molecular formula is C17H18N6OS. The molecule has 1 aliphatic carbocycles. The van der Waals surface area contributed by atoms with Gasteiger partial charge in [-0.1, -0.05) is 0 Å². The molecule has 0 bridgehead atoms. The number of hydrogen-bond acceptors (Lipinski definition) is 6. The van der Waals surface area contributed by atoms with E-state index in [1.54, 1.807) is 7.05 Å². The topological polar surface area (TPSA) is 95.6 Å². The molecule has 3 N–H and O–H groups in total. The molecule has 1 aromatic carbocycles. The number of amides is 1. The number of aromatic nitrogens is 4. The molecule has 1 aliphatic rings. The molecule has 1 fully saturated rings. The van der Waals surface area contributed by atoms with Gasteiger partial charge in [0, 0.05) is 24.2 Å². The Morgan fingerprint density at radius 3 is 2.72 bits per heavy atom. The van der Waals surface area contributed by atoms with Crippen molar-refractivity contribution in [2.45, 2.75) is 25.7 Å². The van der Waals surface area contributed by atoms with Gasteiger partial charge < -0.3 is 10.6 Å². The van der Waals surface area contributed by atoms with Crippen molar-refractivity contribution in [3.8, 4) is 11.4 Å². The lowest BCUT2D eigenvalue weighted by Crippen LogP contribution is -2.13. The lowest BCUT2D eigenvalue weighted by molar-refractivity contribution is 0.102. The molecule has 0 unspecified atom stereocenters. The number of aryl methyl sites for hydroxylation is 1. The third kappa shape index (κ3) is 3.12. The van der Waals surface area contributed by atoms with Gasteiger partial charge in [0.25, 0.3) is 5.91 Å². The van der Waals surface area contributed by atoms with Crippen molar-refractivity contribution in [2.75, 3.05) is 17.7 Å². The zero-order chi connectivity index (χ0) is 17.4. The van der Waals surface area contributed by atoms with E-state index in [0.29, 0.717) is 17.3 Å². The van der Waals surface area contributed by atoms with Gasteiger partial charge >= 0.3 is 0 Å². The van der Waals surface area contributed by atoms with Crippen molar-refractivity contribution < 1.29 is 4.79 Å². The minimum atomic E-state index is -0.169. The second-order valence-electron chi connectivity index (χ2n) is 6.07. The fraction of sp³-hybridized carbons (Fsp3) is 0.294. The Morgan fingerprint density at radius 1 is 1.28 bits per heavy atom. The number of nitrogens with one attached hydrogen (secondary N) is 3.